The van der Waals surface area contributed by atoms with Gasteiger partial charge < -0.3 is 9.97 Å². The summed E-state index contributed by atoms with van der Waals surface area (Å²) in [6, 6.07) is 19.8. The van der Waals surface area contributed by atoms with Crippen molar-refractivity contribution in [3.63, 3.8) is 0 Å². The highest BCUT2D eigenvalue weighted by atomic mass is 16.1. The maximum atomic E-state index is 13.0. The van der Waals surface area contributed by atoms with Crippen molar-refractivity contribution in [2.45, 2.75) is 0 Å². The Hall–Kier alpha value is -3.99. The molecule has 2 heterocycles. The zero-order chi connectivity index (χ0) is 19.5. The first kappa shape index (κ1) is 17.4. The van der Waals surface area contributed by atoms with Crippen LogP contribution in [0, 0.1) is 0 Å². The number of H-pyrrole nitrogens is 2. The maximum absolute atomic E-state index is 13.0. The van der Waals surface area contributed by atoms with E-state index in [0.29, 0.717) is 16.6 Å². The first-order chi connectivity index (χ1) is 13.6. The molecule has 2 aromatic heterocycles. The molecule has 2 aromatic carbocycles. The minimum atomic E-state index is -0.436. The third-order valence-electron chi connectivity index (χ3n) is 4.47. The Bertz CT molecular complexity index is 1290. The third kappa shape index (κ3) is 3.33. The standard InChI is InChI=1S/C23H16N2O3/c26-19(12-10-15-11-13-20(27)24-14-15)22-21(16-6-2-1-3-7-16)17-8-4-5-9-18(17)25-23(22)28/h1-14H,(H,24,27)(H,25,28)/b12-10+. The van der Waals surface area contributed by atoms with Crippen LogP contribution in [-0.2, 0) is 0 Å². The number of benzene rings is 2. The van der Waals surface area contributed by atoms with Gasteiger partial charge in [-0.15, -0.1) is 0 Å². The number of hydrogen-bond donors (Lipinski definition) is 2. The van der Waals surface area contributed by atoms with Gasteiger partial charge in [-0.3, -0.25) is 14.4 Å². The Morgan fingerprint density at radius 1 is 0.857 bits per heavy atom. The molecule has 0 radical (unpaired) electrons. The van der Waals surface area contributed by atoms with Crippen LogP contribution in [0.5, 0.6) is 0 Å². The van der Waals surface area contributed by atoms with Gasteiger partial charge in [0.2, 0.25) is 5.56 Å². The number of aromatic nitrogens is 2. The monoisotopic (exact) mass is 368 g/mol. The fourth-order valence-electron chi connectivity index (χ4n) is 3.16. The summed E-state index contributed by atoms with van der Waals surface area (Å²) in [5, 5.41) is 0.800. The molecular formula is C23H16N2O3. The van der Waals surface area contributed by atoms with Crippen molar-refractivity contribution < 1.29 is 4.79 Å². The van der Waals surface area contributed by atoms with E-state index in [4.69, 9.17) is 0 Å². The van der Waals surface area contributed by atoms with Crippen LogP contribution in [0.1, 0.15) is 15.9 Å². The fourth-order valence-corrected chi connectivity index (χ4v) is 3.16. The van der Waals surface area contributed by atoms with Gasteiger partial charge in [0, 0.05) is 28.7 Å². The molecule has 0 bridgehead atoms. The minimum Gasteiger partial charge on any atom is -0.329 e. The number of nitrogens with one attached hydrogen (secondary N) is 2. The molecule has 5 nitrogen and oxygen atoms in total. The van der Waals surface area contributed by atoms with E-state index >= 15 is 0 Å². The van der Waals surface area contributed by atoms with E-state index in [1.165, 1.54) is 18.3 Å². The molecule has 0 fully saturated rings. The lowest BCUT2D eigenvalue weighted by Crippen LogP contribution is -2.18. The Labute approximate surface area is 160 Å². The van der Waals surface area contributed by atoms with Gasteiger partial charge in [0.05, 0.1) is 5.56 Å². The van der Waals surface area contributed by atoms with Crippen LogP contribution in [0.4, 0.5) is 0 Å². The summed E-state index contributed by atoms with van der Waals surface area (Å²) in [6.45, 7) is 0. The molecule has 136 valence electrons. The van der Waals surface area contributed by atoms with Crippen LogP contribution < -0.4 is 11.1 Å². The van der Waals surface area contributed by atoms with Crippen molar-refractivity contribution >= 4 is 22.8 Å². The van der Waals surface area contributed by atoms with Gasteiger partial charge in [0.15, 0.2) is 5.78 Å². The maximum Gasteiger partial charge on any atom is 0.260 e. The molecule has 4 rings (SSSR count). The number of fused-ring (bicyclic) bond motifs is 1. The second kappa shape index (κ2) is 7.32. The van der Waals surface area contributed by atoms with E-state index < -0.39 is 11.3 Å². The molecular weight excluding hydrogens is 352 g/mol. The number of rotatable bonds is 4. The largest absolute Gasteiger partial charge is 0.329 e. The summed E-state index contributed by atoms with van der Waals surface area (Å²) in [7, 11) is 0. The number of para-hydroxylation sites is 1. The molecule has 0 unspecified atom stereocenters. The van der Waals surface area contributed by atoms with Gasteiger partial charge in [0.25, 0.3) is 5.56 Å². The Balaban J connectivity index is 1.89. The molecule has 0 spiro atoms. The van der Waals surface area contributed by atoms with E-state index in [0.717, 1.165) is 10.9 Å². The van der Waals surface area contributed by atoms with E-state index in [2.05, 4.69) is 9.97 Å². The Morgan fingerprint density at radius 2 is 1.61 bits per heavy atom. The topological polar surface area (TPSA) is 82.8 Å². The van der Waals surface area contributed by atoms with Crippen molar-refractivity contribution in [1.29, 1.82) is 0 Å². The summed E-state index contributed by atoms with van der Waals surface area (Å²) in [5.74, 6) is -0.406. The number of carbonyl (C=O) groups is 1. The molecule has 0 aliphatic rings. The lowest BCUT2D eigenvalue weighted by Gasteiger charge is -2.11. The number of ketones is 1. The Kier molecular flexibility index (Phi) is 4.56. The normalized spacial score (nSPS) is 11.1. The Morgan fingerprint density at radius 3 is 2.36 bits per heavy atom. The van der Waals surface area contributed by atoms with Crippen LogP contribution >= 0.6 is 0 Å². The number of hydrogen-bond acceptors (Lipinski definition) is 3. The predicted octanol–water partition coefficient (Wildman–Crippen LogP) is 3.78. The fraction of sp³-hybridized carbons (Fsp3) is 0. The molecule has 0 aliphatic heterocycles. The molecule has 0 amide bonds. The van der Waals surface area contributed by atoms with Crippen molar-refractivity contribution in [3.05, 3.63) is 111 Å². The molecule has 5 heteroatoms. The second-order valence-corrected chi connectivity index (χ2v) is 6.30. The minimum absolute atomic E-state index is 0.0885. The second-order valence-electron chi connectivity index (χ2n) is 6.30. The molecule has 0 saturated carbocycles. The van der Waals surface area contributed by atoms with Crippen LogP contribution in [0.3, 0.4) is 0 Å². The van der Waals surface area contributed by atoms with Crippen LogP contribution in [0.25, 0.3) is 28.1 Å². The van der Waals surface area contributed by atoms with E-state index in [1.54, 1.807) is 12.1 Å². The zero-order valence-corrected chi connectivity index (χ0v) is 14.8. The molecule has 0 saturated heterocycles. The van der Waals surface area contributed by atoms with Gasteiger partial charge in [0.1, 0.15) is 0 Å². The van der Waals surface area contributed by atoms with Gasteiger partial charge in [-0.1, -0.05) is 48.5 Å². The van der Waals surface area contributed by atoms with Crippen LogP contribution in [0.15, 0.2) is 88.6 Å². The number of pyridine rings is 2. The molecule has 28 heavy (non-hydrogen) atoms. The third-order valence-corrected chi connectivity index (χ3v) is 4.47. The number of carbonyl (C=O) groups excluding carboxylic acids is 1. The van der Waals surface area contributed by atoms with E-state index in [9.17, 15) is 14.4 Å². The van der Waals surface area contributed by atoms with Crippen molar-refractivity contribution in [1.82, 2.24) is 9.97 Å². The van der Waals surface area contributed by atoms with Crippen molar-refractivity contribution in [2.75, 3.05) is 0 Å². The molecule has 2 N–H and O–H groups in total. The quantitative estimate of drug-likeness (QED) is 0.425. The summed E-state index contributed by atoms with van der Waals surface area (Å²) < 4.78 is 0. The summed E-state index contributed by atoms with van der Waals surface area (Å²) in [5.41, 5.74) is 2.17. The van der Waals surface area contributed by atoms with Gasteiger partial charge in [-0.25, -0.2) is 0 Å². The molecule has 0 aliphatic carbocycles. The predicted molar refractivity (Wildman–Crippen MR) is 110 cm³/mol. The molecule has 0 atom stereocenters. The smallest absolute Gasteiger partial charge is 0.260 e. The average Bonchev–Trinajstić information content (AvgIpc) is 2.72. The average molecular weight is 368 g/mol. The van der Waals surface area contributed by atoms with Gasteiger partial charge in [-0.05, 0) is 35.4 Å². The van der Waals surface area contributed by atoms with Crippen molar-refractivity contribution in [2.24, 2.45) is 0 Å². The lowest BCUT2D eigenvalue weighted by molar-refractivity contribution is 0.104. The highest BCUT2D eigenvalue weighted by molar-refractivity contribution is 6.15. The molecule has 4 aromatic rings. The lowest BCUT2D eigenvalue weighted by atomic mass is 9.94. The number of allylic oxidation sites excluding steroid dienone is 1. The van der Waals surface area contributed by atoms with Crippen molar-refractivity contribution in [3.8, 4) is 11.1 Å². The highest BCUT2D eigenvalue weighted by Gasteiger charge is 2.18. The summed E-state index contributed by atoms with van der Waals surface area (Å²) in [6.07, 6.45) is 4.43. The number of aromatic amines is 2. The summed E-state index contributed by atoms with van der Waals surface area (Å²) >= 11 is 0. The van der Waals surface area contributed by atoms with Gasteiger partial charge in [-0.2, -0.15) is 0 Å². The van der Waals surface area contributed by atoms with Crippen LogP contribution in [-0.4, -0.2) is 15.8 Å². The van der Waals surface area contributed by atoms with E-state index in [-0.39, 0.29) is 11.1 Å². The first-order valence-corrected chi connectivity index (χ1v) is 8.75. The first-order valence-electron chi connectivity index (χ1n) is 8.75. The summed E-state index contributed by atoms with van der Waals surface area (Å²) in [4.78, 5) is 42.2. The van der Waals surface area contributed by atoms with Crippen LogP contribution in [0.2, 0.25) is 0 Å². The van der Waals surface area contributed by atoms with E-state index in [1.807, 2.05) is 54.6 Å². The SMILES string of the molecule is O=C(/C=C/c1ccc(=O)[nH]c1)c1c(-c2ccccc2)c2ccccc2[nH]c1=O. The highest BCUT2D eigenvalue weighted by Crippen LogP contribution is 2.29. The zero-order valence-electron chi connectivity index (χ0n) is 14.8. The van der Waals surface area contributed by atoms with Gasteiger partial charge >= 0.3 is 0 Å².